The number of piperidine rings is 1. The van der Waals surface area contributed by atoms with Crippen LogP contribution in [0.5, 0.6) is 0 Å². The zero-order valence-corrected chi connectivity index (χ0v) is 16.1. The average molecular weight is 362 g/mol. The Morgan fingerprint density at radius 1 is 1.44 bits per heavy atom. The molecule has 0 radical (unpaired) electrons. The van der Waals surface area contributed by atoms with Crippen molar-refractivity contribution in [1.29, 1.82) is 0 Å². The number of likely N-dealkylation sites (tertiary alicyclic amines) is 1. The average Bonchev–Trinajstić information content (AvgIpc) is 3.22. The van der Waals surface area contributed by atoms with E-state index in [9.17, 15) is 4.79 Å². The molecule has 0 saturated carbocycles. The first-order chi connectivity index (χ1) is 12.0. The van der Waals surface area contributed by atoms with Crippen LogP contribution in [0.4, 0.5) is 0 Å². The maximum atomic E-state index is 12.6. The number of aromatic nitrogens is 3. The standard InChI is InChI=1S/C18H27N5OS/c1-14-20-16(13-25-14)11-17(24)23-7-4-5-15(12-23)18-19-6-8-22(18)10-9-21(2)3/h6,8,13,15H,4-5,7,9-12H2,1-3H3/t15-/m0/s1. The first-order valence-corrected chi connectivity index (χ1v) is 9.75. The normalized spacial score (nSPS) is 18.1. The molecule has 136 valence electrons. The van der Waals surface area contributed by atoms with E-state index in [0.29, 0.717) is 12.3 Å². The minimum Gasteiger partial charge on any atom is -0.342 e. The molecule has 0 spiro atoms. The van der Waals surface area contributed by atoms with Crippen LogP contribution >= 0.6 is 11.3 Å². The monoisotopic (exact) mass is 361 g/mol. The molecule has 3 heterocycles. The maximum Gasteiger partial charge on any atom is 0.228 e. The van der Waals surface area contributed by atoms with Crippen LogP contribution in [0.15, 0.2) is 17.8 Å². The van der Waals surface area contributed by atoms with Crippen LogP contribution in [0, 0.1) is 6.92 Å². The van der Waals surface area contributed by atoms with Crippen molar-refractivity contribution in [1.82, 2.24) is 24.3 Å². The Morgan fingerprint density at radius 2 is 2.28 bits per heavy atom. The molecule has 0 unspecified atom stereocenters. The molecule has 25 heavy (non-hydrogen) atoms. The molecule has 0 aliphatic carbocycles. The van der Waals surface area contributed by atoms with Gasteiger partial charge in [-0.25, -0.2) is 9.97 Å². The zero-order chi connectivity index (χ0) is 17.8. The molecule has 0 aromatic carbocycles. The van der Waals surface area contributed by atoms with Gasteiger partial charge in [-0.05, 0) is 33.9 Å². The summed E-state index contributed by atoms with van der Waals surface area (Å²) in [6, 6.07) is 0. The Balaban J connectivity index is 1.63. The molecule has 0 N–H and O–H groups in total. The van der Waals surface area contributed by atoms with E-state index >= 15 is 0 Å². The largest absolute Gasteiger partial charge is 0.342 e. The summed E-state index contributed by atoms with van der Waals surface area (Å²) in [5, 5.41) is 3.00. The van der Waals surface area contributed by atoms with Crippen molar-refractivity contribution in [2.24, 2.45) is 0 Å². The third-order valence-corrected chi connectivity index (χ3v) is 5.50. The first kappa shape index (κ1) is 18.1. The molecular formula is C18H27N5OS. The Kier molecular flexibility index (Phi) is 5.86. The van der Waals surface area contributed by atoms with E-state index in [1.54, 1.807) is 11.3 Å². The SMILES string of the molecule is Cc1nc(CC(=O)N2CCC[C@H](c3nccn3CCN(C)C)C2)cs1. The van der Waals surface area contributed by atoms with Gasteiger partial charge < -0.3 is 14.4 Å². The van der Waals surface area contributed by atoms with Gasteiger partial charge in [0.1, 0.15) is 5.82 Å². The van der Waals surface area contributed by atoms with E-state index in [4.69, 9.17) is 0 Å². The second kappa shape index (κ2) is 8.10. The van der Waals surface area contributed by atoms with Gasteiger partial charge in [0.2, 0.25) is 5.91 Å². The van der Waals surface area contributed by atoms with Crippen LogP contribution < -0.4 is 0 Å². The summed E-state index contributed by atoms with van der Waals surface area (Å²) in [6.07, 6.45) is 6.47. The summed E-state index contributed by atoms with van der Waals surface area (Å²) in [4.78, 5) is 25.8. The van der Waals surface area contributed by atoms with Crippen molar-refractivity contribution in [3.05, 3.63) is 34.3 Å². The Morgan fingerprint density at radius 3 is 3.00 bits per heavy atom. The van der Waals surface area contributed by atoms with Crippen LogP contribution in [0.25, 0.3) is 0 Å². The fourth-order valence-electron chi connectivity index (χ4n) is 3.35. The van der Waals surface area contributed by atoms with Gasteiger partial charge >= 0.3 is 0 Å². The van der Waals surface area contributed by atoms with Crippen LogP contribution in [-0.4, -0.2) is 64.0 Å². The summed E-state index contributed by atoms with van der Waals surface area (Å²) < 4.78 is 2.24. The predicted molar refractivity (Wildman–Crippen MR) is 99.9 cm³/mol. The van der Waals surface area contributed by atoms with Gasteiger partial charge in [0, 0.05) is 49.9 Å². The molecule has 1 saturated heterocycles. The maximum absolute atomic E-state index is 12.6. The lowest BCUT2D eigenvalue weighted by Crippen LogP contribution is -2.40. The summed E-state index contributed by atoms with van der Waals surface area (Å²) in [5.41, 5.74) is 0.891. The number of amides is 1. The topological polar surface area (TPSA) is 54.3 Å². The highest BCUT2D eigenvalue weighted by atomic mass is 32.1. The summed E-state index contributed by atoms with van der Waals surface area (Å²) in [7, 11) is 4.16. The highest BCUT2D eigenvalue weighted by molar-refractivity contribution is 7.09. The molecule has 1 amide bonds. The van der Waals surface area contributed by atoms with E-state index in [1.165, 1.54) is 0 Å². The highest BCUT2D eigenvalue weighted by Gasteiger charge is 2.27. The van der Waals surface area contributed by atoms with Gasteiger partial charge in [-0.2, -0.15) is 0 Å². The van der Waals surface area contributed by atoms with Crippen LogP contribution in [-0.2, 0) is 17.8 Å². The Hall–Kier alpha value is -1.73. The number of imidazole rings is 1. The lowest BCUT2D eigenvalue weighted by Gasteiger charge is -2.32. The minimum atomic E-state index is 0.182. The van der Waals surface area contributed by atoms with E-state index < -0.39 is 0 Å². The van der Waals surface area contributed by atoms with E-state index in [1.807, 2.05) is 23.4 Å². The highest BCUT2D eigenvalue weighted by Crippen LogP contribution is 2.26. The van der Waals surface area contributed by atoms with Gasteiger partial charge in [-0.1, -0.05) is 0 Å². The van der Waals surface area contributed by atoms with Gasteiger partial charge in [0.05, 0.1) is 17.1 Å². The third kappa shape index (κ3) is 4.67. The molecule has 1 aliphatic heterocycles. The zero-order valence-electron chi connectivity index (χ0n) is 15.3. The first-order valence-electron chi connectivity index (χ1n) is 8.87. The molecule has 3 rings (SSSR count). The predicted octanol–water partition coefficient (Wildman–Crippen LogP) is 2.16. The number of rotatable bonds is 6. The van der Waals surface area contributed by atoms with E-state index in [0.717, 1.165) is 55.5 Å². The number of hydrogen-bond donors (Lipinski definition) is 0. The molecule has 1 atom stereocenters. The summed E-state index contributed by atoms with van der Waals surface area (Å²) >= 11 is 1.60. The van der Waals surface area contributed by atoms with Gasteiger partial charge in [-0.15, -0.1) is 11.3 Å². The number of aryl methyl sites for hydroxylation is 1. The molecule has 2 aromatic heterocycles. The van der Waals surface area contributed by atoms with Gasteiger partial charge in [0.25, 0.3) is 0 Å². The second-order valence-corrected chi connectivity index (χ2v) is 8.06. The fraction of sp³-hybridized carbons (Fsp3) is 0.611. The van der Waals surface area contributed by atoms with Crippen LogP contribution in [0.2, 0.25) is 0 Å². The molecule has 1 fully saturated rings. The third-order valence-electron chi connectivity index (χ3n) is 4.67. The lowest BCUT2D eigenvalue weighted by atomic mass is 9.96. The van der Waals surface area contributed by atoms with Crippen molar-refractivity contribution < 1.29 is 4.79 Å². The van der Waals surface area contributed by atoms with E-state index in [2.05, 4.69) is 39.7 Å². The Bertz CT molecular complexity index is 708. The fourth-order valence-corrected chi connectivity index (χ4v) is 3.96. The van der Waals surface area contributed by atoms with Crippen molar-refractivity contribution in [2.75, 3.05) is 33.7 Å². The summed E-state index contributed by atoms with van der Waals surface area (Å²) in [5.74, 6) is 1.62. The molecular weight excluding hydrogens is 334 g/mol. The number of likely N-dealkylation sites (N-methyl/N-ethyl adjacent to an activating group) is 1. The van der Waals surface area contributed by atoms with Crippen molar-refractivity contribution in [2.45, 2.75) is 38.6 Å². The number of hydrogen-bond acceptors (Lipinski definition) is 5. The van der Waals surface area contributed by atoms with Crippen LogP contribution in [0.1, 0.15) is 35.3 Å². The molecule has 1 aliphatic rings. The minimum absolute atomic E-state index is 0.182. The number of nitrogens with zero attached hydrogens (tertiary/aromatic N) is 5. The van der Waals surface area contributed by atoms with Crippen LogP contribution in [0.3, 0.4) is 0 Å². The molecule has 0 bridgehead atoms. The number of carbonyl (C=O) groups excluding carboxylic acids is 1. The second-order valence-electron chi connectivity index (χ2n) is 7.00. The van der Waals surface area contributed by atoms with E-state index in [-0.39, 0.29) is 5.91 Å². The lowest BCUT2D eigenvalue weighted by molar-refractivity contribution is -0.131. The molecule has 2 aromatic rings. The molecule has 6 nitrogen and oxygen atoms in total. The summed E-state index contributed by atoms with van der Waals surface area (Å²) in [6.45, 7) is 5.51. The van der Waals surface area contributed by atoms with Crippen molar-refractivity contribution in [3.8, 4) is 0 Å². The number of thiazole rings is 1. The smallest absolute Gasteiger partial charge is 0.228 e. The van der Waals surface area contributed by atoms with Gasteiger partial charge in [-0.3, -0.25) is 4.79 Å². The van der Waals surface area contributed by atoms with Crippen molar-refractivity contribution >= 4 is 17.2 Å². The Labute approximate surface area is 153 Å². The van der Waals surface area contributed by atoms with Gasteiger partial charge in [0.15, 0.2) is 0 Å². The molecule has 7 heteroatoms. The van der Waals surface area contributed by atoms with Crippen molar-refractivity contribution in [3.63, 3.8) is 0 Å². The quantitative estimate of drug-likeness (QED) is 0.791. The number of carbonyl (C=O) groups is 1.